The number of benzene rings is 1. The Bertz CT molecular complexity index is 605. The summed E-state index contributed by atoms with van der Waals surface area (Å²) in [7, 11) is -3.18. The minimum atomic E-state index is -3.18. The zero-order valence-corrected chi connectivity index (χ0v) is 12.5. The van der Waals surface area contributed by atoms with Gasteiger partial charge in [0.15, 0.2) is 9.84 Å². The first-order valence-electron chi connectivity index (χ1n) is 6.67. The Morgan fingerprint density at radius 1 is 1.30 bits per heavy atom. The number of sulfone groups is 1. The lowest BCUT2D eigenvalue weighted by Gasteiger charge is -2.28. The summed E-state index contributed by atoms with van der Waals surface area (Å²) in [5.74, 6) is 0.153. The van der Waals surface area contributed by atoms with Crippen molar-refractivity contribution in [3.05, 3.63) is 41.8 Å². The maximum Gasteiger partial charge on any atom is 0.227 e. The lowest BCUT2D eigenvalue weighted by Crippen LogP contribution is -2.41. The molecular formula is C15H19NO3S. The number of carbonyl (C=O) groups excluding carboxylic acids is 1. The van der Waals surface area contributed by atoms with Gasteiger partial charge in [-0.2, -0.15) is 0 Å². The lowest BCUT2D eigenvalue weighted by atomic mass is 10.1. The number of rotatable bonds is 4. The first kappa shape index (κ1) is 14.8. The van der Waals surface area contributed by atoms with Gasteiger partial charge in [-0.15, -0.1) is 0 Å². The highest BCUT2D eigenvalue weighted by atomic mass is 32.2. The van der Waals surface area contributed by atoms with E-state index < -0.39 is 15.9 Å². The molecule has 1 aliphatic heterocycles. The number of hydrogen-bond acceptors (Lipinski definition) is 3. The van der Waals surface area contributed by atoms with Gasteiger partial charge < -0.3 is 4.90 Å². The largest absolute Gasteiger partial charge is 0.304 e. The zero-order valence-electron chi connectivity index (χ0n) is 11.7. The van der Waals surface area contributed by atoms with E-state index in [0.717, 1.165) is 5.69 Å². The minimum absolute atomic E-state index is 0.0360. The molecule has 1 atom stereocenters. The maximum atomic E-state index is 12.4. The molecule has 20 heavy (non-hydrogen) atoms. The van der Waals surface area contributed by atoms with Crippen molar-refractivity contribution in [3.63, 3.8) is 0 Å². The molecular weight excluding hydrogens is 274 g/mol. The number of nitrogens with zero attached hydrogens (tertiary/aromatic N) is 1. The molecule has 0 aliphatic carbocycles. The van der Waals surface area contributed by atoms with Crippen molar-refractivity contribution in [1.29, 1.82) is 0 Å². The van der Waals surface area contributed by atoms with Crippen LogP contribution < -0.4 is 4.90 Å². The van der Waals surface area contributed by atoms with Crippen molar-refractivity contribution in [2.45, 2.75) is 26.3 Å². The van der Waals surface area contributed by atoms with Crippen LogP contribution in [0.4, 0.5) is 5.69 Å². The molecule has 0 saturated carbocycles. The first-order valence-corrected chi connectivity index (χ1v) is 8.38. The Morgan fingerprint density at radius 3 is 2.45 bits per heavy atom. The summed E-state index contributed by atoms with van der Waals surface area (Å²) in [5.41, 5.74) is 0.741. The Hall–Kier alpha value is -1.62. The van der Waals surface area contributed by atoms with Crippen LogP contribution in [-0.4, -0.2) is 26.1 Å². The summed E-state index contributed by atoms with van der Waals surface area (Å²) >= 11 is 0. The average Bonchev–Trinajstić information content (AvgIpc) is 2.70. The van der Waals surface area contributed by atoms with Gasteiger partial charge in [-0.3, -0.25) is 4.79 Å². The van der Waals surface area contributed by atoms with Crippen LogP contribution in [0.1, 0.15) is 20.3 Å². The highest BCUT2D eigenvalue weighted by Gasteiger charge is 2.31. The molecule has 1 amide bonds. The van der Waals surface area contributed by atoms with Crippen LogP contribution >= 0.6 is 0 Å². The van der Waals surface area contributed by atoms with Crippen molar-refractivity contribution in [2.75, 3.05) is 10.7 Å². The number of amides is 1. The van der Waals surface area contributed by atoms with Crippen molar-refractivity contribution in [1.82, 2.24) is 0 Å². The van der Waals surface area contributed by atoms with E-state index in [0.29, 0.717) is 6.42 Å². The third-order valence-corrected chi connectivity index (χ3v) is 4.51. The highest BCUT2D eigenvalue weighted by Crippen LogP contribution is 2.24. The van der Waals surface area contributed by atoms with Crippen molar-refractivity contribution in [2.24, 2.45) is 5.92 Å². The SMILES string of the molecule is CC(C)CC(=O)N(c1ccccc1)[C@H]1C=CS(=O)(=O)C1. The van der Waals surface area contributed by atoms with Gasteiger partial charge in [0, 0.05) is 17.5 Å². The third-order valence-electron chi connectivity index (χ3n) is 3.13. The Kier molecular flexibility index (Phi) is 4.28. The number of anilines is 1. The Labute approximate surface area is 120 Å². The summed E-state index contributed by atoms with van der Waals surface area (Å²) in [4.78, 5) is 14.0. The van der Waals surface area contributed by atoms with Crippen molar-refractivity contribution < 1.29 is 13.2 Å². The molecule has 5 heteroatoms. The molecule has 0 saturated heterocycles. The predicted molar refractivity (Wildman–Crippen MR) is 80.1 cm³/mol. The summed E-state index contributed by atoms with van der Waals surface area (Å²) in [6.07, 6.45) is 2.00. The molecule has 1 aromatic rings. The molecule has 0 aromatic heterocycles. The fourth-order valence-corrected chi connectivity index (χ4v) is 3.54. The van der Waals surface area contributed by atoms with Crippen LogP contribution in [0.5, 0.6) is 0 Å². The maximum absolute atomic E-state index is 12.4. The molecule has 1 aliphatic rings. The smallest absolute Gasteiger partial charge is 0.227 e. The van der Waals surface area contributed by atoms with Gasteiger partial charge in [0.25, 0.3) is 0 Å². The molecule has 0 N–H and O–H groups in total. The quantitative estimate of drug-likeness (QED) is 0.856. The van der Waals surface area contributed by atoms with E-state index in [1.807, 2.05) is 44.2 Å². The van der Waals surface area contributed by atoms with Crippen LogP contribution in [0.2, 0.25) is 0 Å². The minimum Gasteiger partial charge on any atom is -0.304 e. The molecule has 1 aromatic carbocycles. The molecule has 1 heterocycles. The van der Waals surface area contributed by atoms with Gasteiger partial charge in [0.1, 0.15) is 0 Å². The van der Waals surface area contributed by atoms with Crippen LogP contribution in [-0.2, 0) is 14.6 Å². The van der Waals surface area contributed by atoms with Crippen molar-refractivity contribution >= 4 is 21.4 Å². The fraction of sp³-hybridized carbons (Fsp3) is 0.400. The molecule has 0 bridgehead atoms. The number of carbonyl (C=O) groups is 1. The normalized spacial score (nSPS) is 20.2. The topological polar surface area (TPSA) is 54.5 Å². The fourth-order valence-electron chi connectivity index (χ4n) is 2.28. The second kappa shape index (κ2) is 5.79. The molecule has 0 spiro atoms. The van der Waals surface area contributed by atoms with E-state index in [4.69, 9.17) is 0 Å². The van der Waals surface area contributed by atoms with Crippen LogP contribution in [0.3, 0.4) is 0 Å². The predicted octanol–water partition coefficient (Wildman–Crippen LogP) is 2.38. The molecule has 0 fully saturated rings. The second-order valence-corrected chi connectivity index (χ2v) is 7.35. The Balaban J connectivity index is 2.31. The van der Waals surface area contributed by atoms with Crippen LogP contribution in [0.15, 0.2) is 41.8 Å². The van der Waals surface area contributed by atoms with Crippen LogP contribution in [0, 0.1) is 5.92 Å². The van der Waals surface area contributed by atoms with Gasteiger partial charge in [0.05, 0.1) is 11.8 Å². The summed E-state index contributed by atoms with van der Waals surface area (Å²) in [6.45, 7) is 3.95. The lowest BCUT2D eigenvalue weighted by molar-refractivity contribution is -0.119. The third kappa shape index (κ3) is 3.48. The summed E-state index contributed by atoms with van der Waals surface area (Å²) < 4.78 is 23.2. The van der Waals surface area contributed by atoms with E-state index in [-0.39, 0.29) is 17.6 Å². The monoisotopic (exact) mass is 293 g/mol. The summed E-state index contributed by atoms with van der Waals surface area (Å²) in [6, 6.07) is 8.81. The number of hydrogen-bond donors (Lipinski definition) is 0. The van der Waals surface area contributed by atoms with E-state index >= 15 is 0 Å². The van der Waals surface area contributed by atoms with Crippen molar-refractivity contribution in [3.8, 4) is 0 Å². The average molecular weight is 293 g/mol. The van der Waals surface area contributed by atoms with E-state index in [1.165, 1.54) is 5.41 Å². The summed E-state index contributed by atoms with van der Waals surface area (Å²) in [5, 5.41) is 1.20. The first-order chi connectivity index (χ1) is 9.39. The Morgan fingerprint density at radius 2 is 1.95 bits per heavy atom. The van der Waals surface area contributed by atoms with Gasteiger partial charge >= 0.3 is 0 Å². The van der Waals surface area contributed by atoms with Gasteiger partial charge in [-0.05, 0) is 24.1 Å². The molecule has 2 rings (SSSR count). The molecule has 4 nitrogen and oxygen atoms in total. The van der Waals surface area contributed by atoms with E-state index in [2.05, 4.69) is 0 Å². The van der Waals surface area contributed by atoms with Gasteiger partial charge in [0.2, 0.25) is 5.91 Å². The van der Waals surface area contributed by atoms with E-state index in [1.54, 1.807) is 11.0 Å². The van der Waals surface area contributed by atoms with Crippen LogP contribution in [0.25, 0.3) is 0 Å². The highest BCUT2D eigenvalue weighted by molar-refractivity contribution is 7.94. The zero-order chi connectivity index (χ0) is 14.8. The number of para-hydroxylation sites is 1. The van der Waals surface area contributed by atoms with E-state index in [9.17, 15) is 13.2 Å². The van der Waals surface area contributed by atoms with Gasteiger partial charge in [-0.25, -0.2) is 8.42 Å². The molecule has 108 valence electrons. The molecule has 0 radical (unpaired) electrons. The standard InChI is InChI=1S/C15H19NO3S/c1-12(2)10-15(17)16(13-6-4-3-5-7-13)14-8-9-20(18,19)11-14/h3-9,12,14H,10-11H2,1-2H3/t14-/m0/s1. The molecule has 0 unspecified atom stereocenters. The van der Waals surface area contributed by atoms with Gasteiger partial charge in [-0.1, -0.05) is 32.0 Å². The second-order valence-electron chi connectivity index (χ2n) is 5.42.